The van der Waals surface area contributed by atoms with Gasteiger partial charge in [0.15, 0.2) is 5.82 Å². The molecular weight excluding hydrogens is 789 g/mol. The molecule has 0 saturated carbocycles. The van der Waals surface area contributed by atoms with E-state index in [0.717, 1.165) is 66.7 Å². The van der Waals surface area contributed by atoms with E-state index < -0.39 is 5.41 Å². The van der Waals surface area contributed by atoms with Crippen LogP contribution in [0.25, 0.3) is 89.2 Å². The zero-order valence-corrected chi connectivity index (χ0v) is 36.1. The Labute approximate surface area is 378 Å². The maximum absolute atomic E-state index is 6.41. The van der Waals surface area contributed by atoms with Gasteiger partial charge >= 0.3 is 0 Å². The fourth-order valence-electron chi connectivity index (χ4n) is 11.2. The van der Waals surface area contributed by atoms with E-state index in [4.69, 9.17) is 14.4 Å². The Balaban J connectivity index is 0.953. The minimum absolute atomic E-state index is 0.150. The van der Waals surface area contributed by atoms with Gasteiger partial charge in [-0.05, 0) is 79.4 Å². The second-order valence-electron chi connectivity index (χ2n) is 18.0. The molecule has 0 fully saturated rings. The summed E-state index contributed by atoms with van der Waals surface area (Å²) in [5, 5.41) is 2.25. The van der Waals surface area contributed by atoms with Crippen LogP contribution in [0, 0.1) is 0 Å². The Morgan fingerprint density at radius 2 is 0.877 bits per heavy atom. The largest absolute Gasteiger partial charge is 0.455 e. The van der Waals surface area contributed by atoms with Crippen molar-refractivity contribution in [3.8, 4) is 67.3 Å². The van der Waals surface area contributed by atoms with Gasteiger partial charge in [-0.1, -0.05) is 214 Å². The van der Waals surface area contributed by atoms with Crippen LogP contribution in [0.3, 0.4) is 0 Å². The Bertz CT molecular complexity index is 3640. The molecule has 0 N–H and O–H groups in total. The van der Waals surface area contributed by atoms with Crippen molar-refractivity contribution >= 4 is 21.9 Å². The molecule has 3 heteroatoms. The molecule has 0 atom stereocenters. The summed E-state index contributed by atoms with van der Waals surface area (Å²) in [4.78, 5) is 10.5. The first-order valence-electron chi connectivity index (χ1n) is 22.5. The van der Waals surface area contributed by atoms with Gasteiger partial charge in [0, 0.05) is 38.4 Å². The standard InChI is InChI=1S/C62H42N2O/c1-61(2)50-27-9-11-29-52(50)62(53-30-12-10-28-51(53)61)49-26-8-6-22-48(49)58-44(23-16-31-54(58)62)42-19-14-20-43(37-42)56-38-55(63-60(64-56)41-17-4-3-5-18-41)40-35-33-39(34-36-40)45-24-15-25-47-46-21-7-13-32-57(46)65-59(45)47/h3-38H,1-2H3. The van der Waals surface area contributed by atoms with Crippen LogP contribution < -0.4 is 0 Å². The molecule has 65 heavy (non-hydrogen) atoms. The van der Waals surface area contributed by atoms with Gasteiger partial charge in [0.1, 0.15) is 11.2 Å². The smallest absolute Gasteiger partial charge is 0.160 e. The second-order valence-corrected chi connectivity index (χ2v) is 18.0. The summed E-state index contributed by atoms with van der Waals surface area (Å²) in [6.45, 7) is 4.75. The lowest BCUT2D eigenvalue weighted by atomic mass is 9.55. The molecule has 1 spiro atoms. The number of nitrogens with zero attached hydrogens (tertiary/aromatic N) is 2. The molecule has 0 bridgehead atoms. The molecule has 0 aliphatic heterocycles. The Morgan fingerprint density at radius 3 is 1.65 bits per heavy atom. The van der Waals surface area contributed by atoms with E-state index in [1.165, 1.54) is 50.1 Å². The number of rotatable bonds is 5. The highest BCUT2D eigenvalue weighted by atomic mass is 16.3. The second kappa shape index (κ2) is 14.2. The molecule has 0 unspecified atom stereocenters. The molecule has 2 aliphatic carbocycles. The number of furan rings is 1. The molecule has 9 aromatic carbocycles. The Morgan fingerprint density at radius 1 is 0.354 bits per heavy atom. The fourth-order valence-corrected chi connectivity index (χ4v) is 11.2. The monoisotopic (exact) mass is 830 g/mol. The van der Waals surface area contributed by atoms with Gasteiger partial charge in [0.25, 0.3) is 0 Å². The number of hydrogen-bond acceptors (Lipinski definition) is 3. The van der Waals surface area contributed by atoms with E-state index in [9.17, 15) is 0 Å². The van der Waals surface area contributed by atoms with Crippen molar-refractivity contribution in [2.24, 2.45) is 0 Å². The van der Waals surface area contributed by atoms with Gasteiger partial charge in [0.2, 0.25) is 0 Å². The summed E-state index contributed by atoms with van der Waals surface area (Å²) in [6.07, 6.45) is 0. The number of aromatic nitrogens is 2. The number of benzene rings is 9. The van der Waals surface area contributed by atoms with Crippen LogP contribution >= 0.6 is 0 Å². The minimum Gasteiger partial charge on any atom is -0.455 e. The number of para-hydroxylation sites is 2. The third kappa shape index (κ3) is 5.49. The minimum atomic E-state index is -0.456. The molecule has 0 radical (unpaired) electrons. The lowest BCUT2D eigenvalue weighted by Crippen LogP contribution is -2.40. The molecule has 3 nitrogen and oxygen atoms in total. The van der Waals surface area contributed by atoms with Crippen LogP contribution in [0.2, 0.25) is 0 Å². The summed E-state index contributed by atoms with van der Waals surface area (Å²) in [6, 6.07) is 78.9. The first-order valence-corrected chi connectivity index (χ1v) is 22.5. The highest BCUT2D eigenvalue weighted by Gasteiger charge is 2.53. The summed E-state index contributed by atoms with van der Waals surface area (Å²) < 4.78 is 6.41. The van der Waals surface area contributed by atoms with Crippen LogP contribution in [0.15, 0.2) is 223 Å². The topological polar surface area (TPSA) is 38.9 Å². The van der Waals surface area contributed by atoms with E-state index in [1.807, 2.05) is 30.3 Å². The molecule has 11 aromatic rings. The quantitative estimate of drug-likeness (QED) is 0.173. The van der Waals surface area contributed by atoms with Gasteiger partial charge in [-0.25, -0.2) is 9.97 Å². The summed E-state index contributed by atoms with van der Waals surface area (Å²) in [5.41, 5.74) is 21.2. The van der Waals surface area contributed by atoms with Crippen molar-refractivity contribution in [2.75, 3.05) is 0 Å². The van der Waals surface area contributed by atoms with Gasteiger partial charge in [-0.3, -0.25) is 0 Å². The molecule has 0 amide bonds. The first kappa shape index (κ1) is 37.4. The molecule has 13 rings (SSSR count). The van der Waals surface area contributed by atoms with E-state index in [0.29, 0.717) is 5.82 Å². The predicted octanol–water partition coefficient (Wildman–Crippen LogP) is 15.7. The normalized spacial score (nSPS) is 13.9. The number of hydrogen-bond donors (Lipinski definition) is 0. The van der Waals surface area contributed by atoms with Gasteiger partial charge < -0.3 is 4.42 Å². The SMILES string of the molecule is CC1(C)c2ccccc2C2(c3ccccc3-c3c(-c4cccc(-c5cc(-c6ccc(-c7cccc8c7oc7ccccc78)cc6)nc(-c6ccccc6)n5)c4)cccc32)c2ccccc21. The summed E-state index contributed by atoms with van der Waals surface area (Å²) >= 11 is 0. The lowest BCUT2D eigenvalue weighted by molar-refractivity contribution is 0.563. The Kier molecular flexibility index (Phi) is 8.17. The third-order valence-electron chi connectivity index (χ3n) is 14.2. The van der Waals surface area contributed by atoms with E-state index >= 15 is 0 Å². The van der Waals surface area contributed by atoms with Crippen LogP contribution in [0.5, 0.6) is 0 Å². The number of fused-ring (bicyclic) bond motifs is 12. The third-order valence-corrected chi connectivity index (χ3v) is 14.2. The molecule has 2 aromatic heterocycles. The van der Waals surface area contributed by atoms with Crippen LogP contribution in [-0.4, -0.2) is 9.97 Å². The molecule has 306 valence electrons. The van der Waals surface area contributed by atoms with Gasteiger partial charge in [0.05, 0.1) is 16.8 Å². The summed E-state index contributed by atoms with van der Waals surface area (Å²) in [7, 11) is 0. The molecule has 0 saturated heterocycles. The predicted molar refractivity (Wildman–Crippen MR) is 266 cm³/mol. The summed E-state index contributed by atoms with van der Waals surface area (Å²) in [5.74, 6) is 0.689. The zero-order valence-electron chi connectivity index (χ0n) is 36.1. The van der Waals surface area contributed by atoms with Crippen molar-refractivity contribution in [1.29, 1.82) is 0 Å². The van der Waals surface area contributed by atoms with Crippen LogP contribution in [-0.2, 0) is 10.8 Å². The zero-order chi connectivity index (χ0) is 43.3. The van der Waals surface area contributed by atoms with Crippen molar-refractivity contribution in [3.63, 3.8) is 0 Å². The van der Waals surface area contributed by atoms with E-state index in [1.54, 1.807) is 0 Å². The highest BCUT2D eigenvalue weighted by Crippen LogP contribution is 2.63. The Hall–Kier alpha value is -8.14. The lowest BCUT2D eigenvalue weighted by Gasteiger charge is -2.46. The van der Waals surface area contributed by atoms with E-state index in [2.05, 4.69) is 202 Å². The first-order chi connectivity index (χ1) is 32.0. The van der Waals surface area contributed by atoms with Crippen molar-refractivity contribution in [2.45, 2.75) is 24.7 Å². The maximum Gasteiger partial charge on any atom is 0.160 e. The average Bonchev–Trinajstić information content (AvgIpc) is 3.90. The van der Waals surface area contributed by atoms with Gasteiger partial charge in [-0.15, -0.1) is 0 Å². The molecule has 2 heterocycles. The van der Waals surface area contributed by atoms with Crippen molar-refractivity contribution in [3.05, 3.63) is 252 Å². The van der Waals surface area contributed by atoms with Crippen LogP contribution in [0.1, 0.15) is 47.2 Å². The maximum atomic E-state index is 6.41. The molecule has 2 aliphatic rings. The fraction of sp³-hybridized carbons (Fsp3) is 0.0645. The van der Waals surface area contributed by atoms with Crippen molar-refractivity contribution < 1.29 is 4.42 Å². The van der Waals surface area contributed by atoms with Gasteiger partial charge in [-0.2, -0.15) is 0 Å². The van der Waals surface area contributed by atoms with Crippen molar-refractivity contribution in [1.82, 2.24) is 9.97 Å². The molecular formula is C62H42N2O. The average molecular weight is 831 g/mol. The van der Waals surface area contributed by atoms with E-state index in [-0.39, 0.29) is 5.41 Å². The highest BCUT2D eigenvalue weighted by molar-refractivity contribution is 6.09. The van der Waals surface area contributed by atoms with Crippen LogP contribution in [0.4, 0.5) is 0 Å².